The molecule has 0 bridgehead atoms. The van der Waals surface area contributed by atoms with Crippen molar-refractivity contribution in [1.82, 2.24) is 4.90 Å². The molecule has 4 atom stereocenters. The highest BCUT2D eigenvalue weighted by molar-refractivity contribution is 6.18. The molecule has 3 aromatic carbocycles. The first-order chi connectivity index (χ1) is 18.1. The Bertz CT molecular complexity index is 1470. The van der Waals surface area contributed by atoms with E-state index in [9.17, 15) is 14.4 Å². The summed E-state index contributed by atoms with van der Waals surface area (Å²) in [5, 5.41) is 6.13. The number of hydrogen-bond acceptors (Lipinski definition) is 6. The van der Waals surface area contributed by atoms with Crippen LogP contribution in [0.25, 0.3) is 0 Å². The third kappa shape index (κ3) is 2.31. The van der Waals surface area contributed by atoms with Gasteiger partial charge in [0.2, 0.25) is 18.6 Å². The van der Waals surface area contributed by atoms with Crippen molar-refractivity contribution in [2.75, 3.05) is 24.0 Å². The van der Waals surface area contributed by atoms with Crippen LogP contribution in [0.2, 0.25) is 0 Å². The van der Waals surface area contributed by atoms with Crippen molar-refractivity contribution in [2.45, 2.75) is 29.8 Å². The van der Waals surface area contributed by atoms with Gasteiger partial charge in [0.05, 0.1) is 5.92 Å². The fourth-order valence-corrected chi connectivity index (χ4v) is 7.72. The molecule has 8 heteroatoms. The van der Waals surface area contributed by atoms with Crippen LogP contribution in [0, 0.1) is 5.92 Å². The molecule has 5 heterocycles. The minimum absolute atomic E-state index is 0.0890. The molecule has 5 aliphatic rings. The molecule has 5 aliphatic heterocycles. The zero-order chi connectivity index (χ0) is 24.9. The zero-order valence-electron chi connectivity index (χ0n) is 19.8. The standard InChI is InChI=1S/C29H23N3O5/c33-24(16-11-12-21-22(14-16)37-15-36-21)25-28(17-6-1-3-8-19(17)30-26(28)34)23-10-5-13-32(23)29(25)18-7-2-4-9-20(18)31-27(29)35/h1-4,6-9,11-12,14,23,25H,5,10,13,15H2,(H,30,34)(H,31,35)/t23-,25-,28+,29+/m0/s1. The van der Waals surface area contributed by atoms with Crippen LogP contribution in [-0.4, -0.2) is 41.9 Å². The fraction of sp³-hybridized carbons (Fsp3) is 0.276. The van der Waals surface area contributed by atoms with E-state index in [-0.39, 0.29) is 30.4 Å². The molecule has 184 valence electrons. The maximum absolute atomic E-state index is 14.8. The number of amides is 2. The van der Waals surface area contributed by atoms with E-state index in [2.05, 4.69) is 15.5 Å². The van der Waals surface area contributed by atoms with E-state index in [4.69, 9.17) is 9.47 Å². The lowest BCUT2D eigenvalue weighted by molar-refractivity contribution is -0.128. The molecule has 2 N–H and O–H groups in total. The van der Waals surface area contributed by atoms with Crippen LogP contribution < -0.4 is 20.1 Å². The van der Waals surface area contributed by atoms with Crippen LogP contribution in [-0.2, 0) is 20.5 Å². The lowest BCUT2D eigenvalue weighted by Crippen LogP contribution is -2.55. The van der Waals surface area contributed by atoms with Gasteiger partial charge in [-0.25, -0.2) is 0 Å². The van der Waals surface area contributed by atoms with Crippen LogP contribution in [0.3, 0.4) is 0 Å². The van der Waals surface area contributed by atoms with Crippen molar-refractivity contribution < 1.29 is 23.9 Å². The molecular formula is C29H23N3O5. The molecule has 2 saturated heterocycles. The molecule has 0 radical (unpaired) electrons. The summed E-state index contributed by atoms with van der Waals surface area (Å²) in [5.74, 6) is -0.669. The van der Waals surface area contributed by atoms with Crippen LogP contribution in [0.1, 0.15) is 34.3 Å². The molecular weight excluding hydrogens is 470 g/mol. The van der Waals surface area contributed by atoms with Gasteiger partial charge in [-0.2, -0.15) is 0 Å². The number of carbonyl (C=O) groups excluding carboxylic acids is 3. The van der Waals surface area contributed by atoms with Gasteiger partial charge in [0.25, 0.3) is 0 Å². The Morgan fingerprint density at radius 3 is 2.41 bits per heavy atom. The molecule has 0 aliphatic carbocycles. The first-order valence-electron chi connectivity index (χ1n) is 12.6. The Morgan fingerprint density at radius 1 is 0.865 bits per heavy atom. The van der Waals surface area contributed by atoms with Gasteiger partial charge in [-0.1, -0.05) is 36.4 Å². The Hall–Kier alpha value is -4.17. The lowest BCUT2D eigenvalue weighted by atomic mass is 9.60. The van der Waals surface area contributed by atoms with Gasteiger partial charge >= 0.3 is 0 Å². The molecule has 0 unspecified atom stereocenters. The van der Waals surface area contributed by atoms with E-state index in [0.29, 0.717) is 41.4 Å². The summed E-state index contributed by atoms with van der Waals surface area (Å²) in [4.78, 5) is 45.4. The van der Waals surface area contributed by atoms with Gasteiger partial charge in [0.1, 0.15) is 11.0 Å². The summed E-state index contributed by atoms with van der Waals surface area (Å²) >= 11 is 0. The number of rotatable bonds is 2. The summed E-state index contributed by atoms with van der Waals surface area (Å²) in [5.41, 5.74) is 0.764. The number of anilines is 2. The first kappa shape index (κ1) is 21.0. The highest BCUT2D eigenvalue weighted by Crippen LogP contribution is 2.66. The number of ketones is 1. The van der Waals surface area contributed by atoms with Crippen LogP contribution in [0.5, 0.6) is 11.5 Å². The van der Waals surface area contributed by atoms with E-state index in [1.807, 2.05) is 48.5 Å². The van der Waals surface area contributed by atoms with E-state index < -0.39 is 16.9 Å². The normalized spacial score (nSPS) is 30.4. The van der Waals surface area contributed by atoms with E-state index in [1.165, 1.54) is 0 Å². The van der Waals surface area contributed by atoms with Gasteiger partial charge in [0.15, 0.2) is 17.3 Å². The average Bonchev–Trinajstić information content (AvgIpc) is 3.71. The molecule has 2 spiro atoms. The highest BCUT2D eigenvalue weighted by Gasteiger charge is 2.78. The Morgan fingerprint density at radius 2 is 1.57 bits per heavy atom. The maximum atomic E-state index is 14.8. The number of Topliss-reactive ketones (excluding diaryl/α,β-unsaturated/α-hetero) is 1. The van der Waals surface area contributed by atoms with Gasteiger partial charge in [-0.05, 0) is 55.3 Å². The monoisotopic (exact) mass is 493 g/mol. The minimum Gasteiger partial charge on any atom is -0.454 e. The molecule has 37 heavy (non-hydrogen) atoms. The highest BCUT2D eigenvalue weighted by atomic mass is 16.7. The zero-order valence-corrected chi connectivity index (χ0v) is 19.8. The number of para-hydroxylation sites is 2. The third-order valence-corrected chi connectivity index (χ3v) is 8.95. The molecule has 2 fully saturated rings. The van der Waals surface area contributed by atoms with E-state index >= 15 is 0 Å². The van der Waals surface area contributed by atoms with Gasteiger partial charge in [-0.15, -0.1) is 0 Å². The van der Waals surface area contributed by atoms with Crippen molar-refractivity contribution in [3.8, 4) is 11.5 Å². The summed E-state index contributed by atoms with van der Waals surface area (Å²) < 4.78 is 11.0. The smallest absolute Gasteiger partial charge is 0.250 e. The Balaban J connectivity index is 1.45. The van der Waals surface area contributed by atoms with Crippen molar-refractivity contribution in [1.29, 1.82) is 0 Å². The molecule has 0 saturated carbocycles. The van der Waals surface area contributed by atoms with Crippen molar-refractivity contribution in [2.24, 2.45) is 5.92 Å². The van der Waals surface area contributed by atoms with Crippen molar-refractivity contribution in [3.05, 3.63) is 83.4 Å². The largest absolute Gasteiger partial charge is 0.454 e. The fourth-order valence-electron chi connectivity index (χ4n) is 7.72. The number of fused-ring (bicyclic) bond motifs is 8. The Kier molecular flexibility index (Phi) is 3.96. The second-order valence-corrected chi connectivity index (χ2v) is 10.4. The SMILES string of the molecule is O=C(c1ccc2c(c1)OCO2)[C@H]1[C@]2(C(=O)Nc3ccccc32)[C@@H]2CCCN2[C@@]12C(=O)Nc1ccccc12. The summed E-state index contributed by atoms with van der Waals surface area (Å²) in [6, 6.07) is 19.9. The van der Waals surface area contributed by atoms with Crippen LogP contribution in [0.15, 0.2) is 66.7 Å². The van der Waals surface area contributed by atoms with Gasteiger partial charge < -0.3 is 20.1 Å². The predicted molar refractivity (Wildman–Crippen MR) is 134 cm³/mol. The second-order valence-electron chi connectivity index (χ2n) is 10.4. The summed E-state index contributed by atoms with van der Waals surface area (Å²) in [7, 11) is 0. The predicted octanol–water partition coefficient (Wildman–Crippen LogP) is 3.43. The molecule has 0 aromatic heterocycles. The number of hydrogen-bond donors (Lipinski definition) is 2. The topological polar surface area (TPSA) is 97.0 Å². The van der Waals surface area contributed by atoms with Crippen LogP contribution in [0.4, 0.5) is 11.4 Å². The number of ether oxygens (including phenoxy) is 2. The number of nitrogens with zero attached hydrogens (tertiary/aromatic N) is 1. The van der Waals surface area contributed by atoms with E-state index in [1.54, 1.807) is 18.2 Å². The van der Waals surface area contributed by atoms with E-state index in [0.717, 1.165) is 17.5 Å². The van der Waals surface area contributed by atoms with Crippen molar-refractivity contribution >= 4 is 29.0 Å². The molecule has 2 amide bonds. The number of nitrogens with one attached hydrogen (secondary N) is 2. The molecule has 8 nitrogen and oxygen atoms in total. The summed E-state index contributed by atoms with van der Waals surface area (Å²) in [6.07, 6.45) is 1.55. The van der Waals surface area contributed by atoms with Crippen LogP contribution >= 0.6 is 0 Å². The number of carbonyl (C=O) groups is 3. The average molecular weight is 494 g/mol. The van der Waals surface area contributed by atoms with Crippen molar-refractivity contribution in [3.63, 3.8) is 0 Å². The molecule has 3 aromatic rings. The first-order valence-corrected chi connectivity index (χ1v) is 12.6. The quantitative estimate of drug-likeness (QED) is 0.531. The molecule has 8 rings (SSSR count). The second kappa shape index (κ2) is 6.98. The maximum Gasteiger partial charge on any atom is 0.250 e. The Labute approximate surface area is 212 Å². The third-order valence-electron chi connectivity index (χ3n) is 8.95. The van der Waals surface area contributed by atoms with Gasteiger partial charge in [0, 0.05) is 28.5 Å². The van der Waals surface area contributed by atoms with Gasteiger partial charge in [-0.3, -0.25) is 19.3 Å². The number of benzene rings is 3. The lowest BCUT2D eigenvalue weighted by Gasteiger charge is -2.38. The minimum atomic E-state index is -1.32. The summed E-state index contributed by atoms with van der Waals surface area (Å²) in [6.45, 7) is 0.709.